The lowest BCUT2D eigenvalue weighted by Gasteiger charge is -2.11. The van der Waals surface area contributed by atoms with E-state index in [4.69, 9.17) is 27.9 Å². The summed E-state index contributed by atoms with van der Waals surface area (Å²) in [6, 6.07) is -0.431. The van der Waals surface area contributed by atoms with Crippen LogP contribution in [0.15, 0.2) is 0 Å². The van der Waals surface area contributed by atoms with Gasteiger partial charge in [-0.15, -0.1) is 23.2 Å². The van der Waals surface area contributed by atoms with Gasteiger partial charge in [0.1, 0.15) is 9.75 Å². The predicted molar refractivity (Wildman–Crippen MR) is 67.8 cm³/mol. The van der Waals surface area contributed by atoms with E-state index in [2.05, 4.69) is 10.6 Å². The van der Waals surface area contributed by atoms with Crippen molar-refractivity contribution in [1.82, 2.24) is 10.6 Å². The highest BCUT2D eigenvalue weighted by Gasteiger charge is 2.69. The van der Waals surface area contributed by atoms with Gasteiger partial charge in [0.2, 0.25) is 0 Å². The molecule has 0 unspecified atom stereocenters. The van der Waals surface area contributed by atoms with Crippen LogP contribution in [0.4, 0.5) is 4.79 Å². The van der Waals surface area contributed by atoms with Gasteiger partial charge in [-0.3, -0.25) is 14.9 Å². The molecule has 2 aliphatic carbocycles. The fourth-order valence-corrected chi connectivity index (χ4v) is 2.21. The highest BCUT2D eigenvalue weighted by atomic mass is 35.5. The molecule has 0 spiro atoms. The van der Waals surface area contributed by atoms with Gasteiger partial charge in [-0.2, -0.15) is 0 Å². The average Bonchev–Trinajstić information content (AvgIpc) is 3.16. The topological polar surface area (TPSA) is 84.5 Å². The van der Waals surface area contributed by atoms with Crippen LogP contribution in [-0.2, 0) is 14.3 Å². The van der Waals surface area contributed by atoms with Crippen LogP contribution in [0.2, 0.25) is 0 Å². The Balaban J connectivity index is 1.69. The molecule has 0 radical (unpaired) electrons. The molecule has 6 nitrogen and oxygen atoms in total. The van der Waals surface area contributed by atoms with E-state index in [1.165, 1.54) is 0 Å². The lowest BCUT2D eigenvalue weighted by atomic mass is 10.1. The van der Waals surface area contributed by atoms with E-state index >= 15 is 0 Å². The molecule has 0 aromatic carbocycles. The van der Waals surface area contributed by atoms with E-state index in [0.29, 0.717) is 0 Å². The summed E-state index contributed by atoms with van der Waals surface area (Å²) in [6.07, 6.45) is 2.12. The zero-order valence-electron chi connectivity index (χ0n) is 10.3. The first kappa shape index (κ1) is 14.4. The number of carbonyl (C=O) groups excluding carboxylic acids is 3. The first-order valence-corrected chi connectivity index (χ1v) is 6.65. The maximum atomic E-state index is 11.6. The number of halogens is 2. The molecule has 8 heteroatoms. The van der Waals surface area contributed by atoms with Gasteiger partial charge < -0.3 is 10.1 Å². The molecule has 0 saturated heterocycles. The number of hydrogen-bond acceptors (Lipinski definition) is 4. The molecule has 0 aromatic rings. The van der Waals surface area contributed by atoms with Crippen molar-refractivity contribution in [2.75, 3.05) is 6.61 Å². The SMILES string of the molecule is C[C@@]1(C(=O)OCC(=O)NC(=O)NC2CC2)CC1(Cl)Cl. The molecule has 2 fully saturated rings. The number of esters is 1. The summed E-state index contributed by atoms with van der Waals surface area (Å²) in [4.78, 5) is 34.2. The number of carbonyl (C=O) groups is 3. The number of urea groups is 1. The second-order valence-corrected chi connectivity index (χ2v) is 6.57. The number of alkyl halides is 2. The minimum atomic E-state index is -1.14. The minimum absolute atomic E-state index is 0.147. The predicted octanol–water partition coefficient (Wildman–Crippen LogP) is 1.10. The van der Waals surface area contributed by atoms with Gasteiger partial charge in [-0.05, 0) is 19.8 Å². The van der Waals surface area contributed by atoms with Crippen LogP contribution in [0.5, 0.6) is 0 Å². The van der Waals surface area contributed by atoms with E-state index in [9.17, 15) is 14.4 Å². The van der Waals surface area contributed by atoms with E-state index in [-0.39, 0.29) is 12.5 Å². The monoisotopic (exact) mass is 308 g/mol. The minimum Gasteiger partial charge on any atom is -0.455 e. The third-order valence-corrected chi connectivity index (χ3v) is 4.31. The Morgan fingerprint density at radius 2 is 1.89 bits per heavy atom. The summed E-state index contributed by atoms with van der Waals surface area (Å²) in [7, 11) is 0. The maximum Gasteiger partial charge on any atom is 0.321 e. The van der Waals surface area contributed by atoms with Gasteiger partial charge in [0, 0.05) is 12.5 Å². The molecule has 0 aliphatic heterocycles. The molecule has 2 aliphatic rings. The zero-order valence-corrected chi connectivity index (χ0v) is 11.8. The largest absolute Gasteiger partial charge is 0.455 e. The molecule has 0 bridgehead atoms. The Morgan fingerprint density at radius 3 is 2.37 bits per heavy atom. The molecule has 19 heavy (non-hydrogen) atoms. The van der Waals surface area contributed by atoms with Crippen LogP contribution >= 0.6 is 23.2 Å². The van der Waals surface area contributed by atoms with Crippen molar-refractivity contribution in [3.05, 3.63) is 0 Å². The highest BCUT2D eigenvalue weighted by molar-refractivity contribution is 6.53. The fraction of sp³-hybridized carbons (Fsp3) is 0.727. The first-order valence-electron chi connectivity index (χ1n) is 5.90. The molecule has 2 N–H and O–H groups in total. The molecule has 3 amide bonds. The lowest BCUT2D eigenvalue weighted by molar-refractivity contribution is -0.153. The number of hydrogen-bond donors (Lipinski definition) is 2. The van der Waals surface area contributed by atoms with Gasteiger partial charge in [-0.1, -0.05) is 0 Å². The molecular formula is C11H14Cl2N2O4. The van der Waals surface area contributed by atoms with Crippen molar-refractivity contribution >= 4 is 41.1 Å². The van der Waals surface area contributed by atoms with Crippen molar-refractivity contribution in [2.45, 2.75) is 36.6 Å². The summed E-state index contributed by atoms with van der Waals surface area (Å²) in [6.45, 7) is 1.03. The summed E-state index contributed by atoms with van der Waals surface area (Å²) in [5, 5.41) is 4.64. The number of rotatable bonds is 4. The second-order valence-electron chi connectivity index (χ2n) is 5.09. The Labute approximate surface area is 120 Å². The Morgan fingerprint density at radius 1 is 1.32 bits per heavy atom. The standard InChI is InChI=1S/C11H14Cl2N2O4/c1-10(5-11(10,12)13)8(17)19-4-7(16)15-9(18)14-6-2-3-6/h6H,2-5H2,1H3,(H2,14,15,16,18)/t10-/m0/s1. The van der Waals surface area contributed by atoms with Gasteiger partial charge in [0.25, 0.3) is 5.91 Å². The molecular weight excluding hydrogens is 295 g/mol. The molecule has 106 valence electrons. The normalized spacial score (nSPS) is 27.3. The van der Waals surface area contributed by atoms with Crippen molar-refractivity contribution < 1.29 is 19.1 Å². The first-order chi connectivity index (χ1) is 8.74. The number of imide groups is 1. The Kier molecular flexibility index (Phi) is 3.66. The van der Waals surface area contributed by atoms with Crippen molar-refractivity contribution in [1.29, 1.82) is 0 Å². The molecule has 1 atom stereocenters. The fourth-order valence-electron chi connectivity index (χ4n) is 1.52. The lowest BCUT2D eigenvalue weighted by Crippen LogP contribution is -2.42. The molecule has 2 rings (SSSR count). The van der Waals surface area contributed by atoms with Crippen LogP contribution in [0, 0.1) is 5.41 Å². The average molecular weight is 309 g/mol. The summed E-state index contributed by atoms with van der Waals surface area (Å²) >= 11 is 11.6. The van der Waals surface area contributed by atoms with Crippen LogP contribution in [0.25, 0.3) is 0 Å². The van der Waals surface area contributed by atoms with Crippen molar-refractivity contribution in [3.8, 4) is 0 Å². The smallest absolute Gasteiger partial charge is 0.321 e. The number of amides is 3. The van der Waals surface area contributed by atoms with Gasteiger partial charge in [0.05, 0.1) is 0 Å². The third kappa shape index (κ3) is 3.30. The summed E-state index contributed by atoms with van der Waals surface area (Å²) in [5.74, 6) is -1.33. The van der Waals surface area contributed by atoms with E-state index in [1.54, 1.807) is 6.92 Å². The Hall–Kier alpha value is -1.01. The van der Waals surface area contributed by atoms with Gasteiger partial charge >= 0.3 is 12.0 Å². The molecule has 2 saturated carbocycles. The van der Waals surface area contributed by atoms with E-state index < -0.39 is 34.3 Å². The van der Waals surface area contributed by atoms with Gasteiger partial charge in [-0.25, -0.2) is 4.79 Å². The zero-order chi connectivity index (χ0) is 14.3. The van der Waals surface area contributed by atoms with Crippen LogP contribution in [0.1, 0.15) is 26.2 Å². The molecule has 0 heterocycles. The summed E-state index contributed by atoms with van der Waals surface area (Å²) in [5.41, 5.74) is -0.980. The maximum absolute atomic E-state index is 11.6. The van der Waals surface area contributed by atoms with Crippen LogP contribution < -0.4 is 10.6 Å². The molecule has 0 aromatic heterocycles. The second kappa shape index (κ2) is 4.83. The van der Waals surface area contributed by atoms with E-state index in [0.717, 1.165) is 12.8 Å². The van der Waals surface area contributed by atoms with Crippen LogP contribution in [0.3, 0.4) is 0 Å². The Bertz CT molecular complexity index is 436. The quantitative estimate of drug-likeness (QED) is 0.601. The van der Waals surface area contributed by atoms with Crippen LogP contribution in [-0.4, -0.2) is 34.9 Å². The summed E-state index contributed by atoms with van der Waals surface area (Å²) < 4.78 is 3.65. The van der Waals surface area contributed by atoms with Crippen molar-refractivity contribution in [2.24, 2.45) is 5.41 Å². The highest BCUT2D eigenvalue weighted by Crippen LogP contribution is 2.64. The third-order valence-electron chi connectivity index (χ3n) is 3.21. The number of ether oxygens (including phenoxy) is 1. The van der Waals surface area contributed by atoms with E-state index in [1.807, 2.05) is 0 Å². The van der Waals surface area contributed by atoms with Crippen molar-refractivity contribution in [3.63, 3.8) is 0 Å². The van der Waals surface area contributed by atoms with Gasteiger partial charge in [0.15, 0.2) is 6.61 Å². The number of nitrogens with one attached hydrogen (secondary N) is 2.